The van der Waals surface area contributed by atoms with Crippen molar-refractivity contribution in [2.45, 2.75) is 25.2 Å². The largest absolute Gasteiger partial charge is 0.368 e. The molecule has 0 bridgehead atoms. The van der Waals surface area contributed by atoms with Crippen molar-refractivity contribution >= 4 is 27.3 Å². The van der Waals surface area contributed by atoms with Gasteiger partial charge >= 0.3 is 0 Å². The molecule has 7 heteroatoms. The minimum Gasteiger partial charge on any atom is -0.368 e. The highest BCUT2D eigenvalue weighted by atomic mass is 32.2. The maximum atomic E-state index is 13.5. The van der Waals surface area contributed by atoms with Gasteiger partial charge in [-0.15, -0.1) is 0 Å². The van der Waals surface area contributed by atoms with Gasteiger partial charge in [-0.05, 0) is 50.2 Å². The third-order valence-corrected chi connectivity index (χ3v) is 8.05. The van der Waals surface area contributed by atoms with E-state index in [1.54, 1.807) is 36.4 Å². The maximum Gasteiger partial charge on any atom is 0.264 e. The Morgan fingerprint density at radius 1 is 0.794 bits per heavy atom. The van der Waals surface area contributed by atoms with E-state index < -0.39 is 10.0 Å². The van der Waals surface area contributed by atoms with Crippen LogP contribution in [0.3, 0.4) is 0 Å². The highest BCUT2D eigenvalue weighted by Crippen LogP contribution is 2.25. The van der Waals surface area contributed by atoms with Crippen LogP contribution in [0, 0.1) is 13.8 Å². The molecule has 0 atom stereocenters. The van der Waals surface area contributed by atoms with Crippen LogP contribution in [0.5, 0.6) is 0 Å². The van der Waals surface area contributed by atoms with Gasteiger partial charge in [-0.1, -0.05) is 53.6 Å². The zero-order chi connectivity index (χ0) is 24.1. The summed E-state index contributed by atoms with van der Waals surface area (Å²) in [7, 11) is -3.80. The summed E-state index contributed by atoms with van der Waals surface area (Å²) in [5, 5.41) is 0. The molecule has 1 amide bonds. The van der Waals surface area contributed by atoms with Crippen LogP contribution in [0.25, 0.3) is 0 Å². The number of hydrogen-bond acceptors (Lipinski definition) is 4. The lowest BCUT2D eigenvalue weighted by Crippen LogP contribution is -2.49. The van der Waals surface area contributed by atoms with Gasteiger partial charge in [0.15, 0.2) is 0 Å². The number of amides is 1. The topological polar surface area (TPSA) is 60.9 Å². The van der Waals surface area contributed by atoms with Gasteiger partial charge in [0.05, 0.1) is 10.6 Å². The van der Waals surface area contributed by atoms with Crippen molar-refractivity contribution in [3.05, 3.63) is 90.0 Å². The number of carbonyl (C=O) groups excluding carboxylic acids is 1. The summed E-state index contributed by atoms with van der Waals surface area (Å²) in [5.41, 5.74) is 3.76. The summed E-state index contributed by atoms with van der Waals surface area (Å²) in [6.07, 6.45) is 0.129. The number of rotatable bonds is 7. The molecule has 34 heavy (non-hydrogen) atoms. The molecule has 6 nitrogen and oxygen atoms in total. The SMILES string of the molecule is Cc1ccc(N(CCC(=O)N2CCN(c3ccccc3)CC2)S(=O)(=O)c2ccc(C)cc2)cc1. The molecule has 1 heterocycles. The Morgan fingerprint density at radius 3 is 1.94 bits per heavy atom. The molecule has 0 saturated carbocycles. The van der Waals surface area contributed by atoms with Gasteiger partial charge in [-0.25, -0.2) is 8.42 Å². The number of benzene rings is 3. The average molecular weight is 478 g/mol. The Morgan fingerprint density at radius 2 is 1.35 bits per heavy atom. The van der Waals surface area contributed by atoms with Crippen LogP contribution in [-0.4, -0.2) is 51.9 Å². The summed E-state index contributed by atoms with van der Waals surface area (Å²) < 4.78 is 28.4. The van der Waals surface area contributed by atoms with Crippen LogP contribution in [0.2, 0.25) is 0 Å². The van der Waals surface area contributed by atoms with Gasteiger partial charge in [0.1, 0.15) is 0 Å². The normalized spacial score (nSPS) is 14.2. The molecule has 0 aliphatic carbocycles. The molecule has 3 aromatic rings. The number of nitrogens with zero attached hydrogens (tertiary/aromatic N) is 3. The maximum absolute atomic E-state index is 13.5. The monoisotopic (exact) mass is 477 g/mol. The van der Waals surface area contributed by atoms with Crippen molar-refractivity contribution in [3.63, 3.8) is 0 Å². The first-order chi connectivity index (χ1) is 16.3. The summed E-state index contributed by atoms with van der Waals surface area (Å²) in [6.45, 7) is 6.76. The fourth-order valence-electron chi connectivity index (χ4n) is 4.14. The predicted octanol–water partition coefficient (Wildman–Crippen LogP) is 4.24. The molecule has 0 N–H and O–H groups in total. The number of aryl methyl sites for hydroxylation is 2. The molecular formula is C27H31N3O3S. The first-order valence-electron chi connectivity index (χ1n) is 11.6. The molecule has 3 aromatic carbocycles. The van der Waals surface area contributed by atoms with Crippen molar-refractivity contribution in [2.75, 3.05) is 41.9 Å². The lowest BCUT2D eigenvalue weighted by atomic mass is 10.2. The van der Waals surface area contributed by atoms with Crippen molar-refractivity contribution in [2.24, 2.45) is 0 Å². The van der Waals surface area contributed by atoms with E-state index in [0.29, 0.717) is 18.8 Å². The van der Waals surface area contributed by atoms with E-state index in [0.717, 1.165) is 29.9 Å². The van der Waals surface area contributed by atoms with Crippen molar-refractivity contribution in [1.29, 1.82) is 0 Å². The smallest absolute Gasteiger partial charge is 0.264 e. The molecule has 0 unspecified atom stereocenters. The summed E-state index contributed by atoms with van der Waals surface area (Å²) in [4.78, 5) is 17.4. The standard InChI is InChI=1S/C27H31N3O3S/c1-22-8-12-25(13-9-22)30(34(32,33)26-14-10-23(2)11-15-26)17-16-27(31)29-20-18-28(19-21-29)24-6-4-3-5-7-24/h3-15H,16-21H2,1-2H3. The molecule has 1 fully saturated rings. The molecule has 0 aromatic heterocycles. The lowest BCUT2D eigenvalue weighted by molar-refractivity contribution is -0.131. The van der Waals surface area contributed by atoms with Crippen LogP contribution in [0.1, 0.15) is 17.5 Å². The van der Waals surface area contributed by atoms with Crippen LogP contribution < -0.4 is 9.21 Å². The van der Waals surface area contributed by atoms with E-state index in [4.69, 9.17) is 0 Å². The molecule has 0 radical (unpaired) electrons. The van der Waals surface area contributed by atoms with Crippen LogP contribution in [-0.2, 0) is 14.8 Å². The molecule has 4 rings (SSSR count). The highest BCUT2D eigenvalue weighted by Gasteiger charge is 2.27. The number of carbonyl (C=O) groups is 1. The third kappa shape index (κ3) is 5.42. The van der Waals surface area contributed by atoms with Gasteiger partial charge < -0.3 is 9.80 Å². The van der Waals surface area contributed by atoms with E-state index in [1.165, 1.54) is 4.31 Å². The summed E-state index contributed by atoms with van der Waals surface area (Å²) in [5.74, 6) is -0.0241. The molecule has 1 aliphatic rings. The van der Waals surface area contributed by atoms with Crippen molar-refractivity contribution < 1.29 is 13.2 Å². The van der Waals surface area contributed by atoms with Crippen molar-refractivity contribution in [3.8, 4) is 0 Å². The Bertz CT molecular complexity index is 1200. The minimum atomic E-state index is -3.80. The number of piperazine rings is 1. The van der Waals surface area contributed by atoms with E-state index >= 15 is 0 Å². The zero-order valence-corrected chi connectivity index (χ0v) is 20.5. The van der Waals surface area contributed by atoms with Gasteiger partial charge in [0.25, 0.3) is 10.0 Å². The highest BCUT2D eigenvalue weighted by molar-refractivity contribution is 7.92. The van der Waals surface area contributed by atoms with Crippen LogP contribution in [0.4, 0.5) is 11.4 Å². The number of hydrogen-bond donors (Lipinski definition) is 0. The molecule has 1 aliphatic heterocycles. The van der Waals surface area contributed by atoms with E-state index in [9.17, 15) is 13.2 Å². The second-order valence-electron chi connectivity index (χ2n) is 8.68. The van der Waals surface area contributed by atoms with Gasteiger partial charge in [0.2, 0.25) is 5.91 Å². The number of sulfonamides is 1. The van der Waals surface area contributed by atoms with E-state index in [1.807, 2.05) is 49.1 Å². The minimum absolute atomic E-state index is 0.0241. The fraction of sp³-hybridized carbons (Fsp3) is 0.296. The Balaban J connectivity index is 1.46. The van der Waals surface area contributed by atoms with Crippen LogP contribution in [0.15, 0.2) is 83.8 Å². The summed E-state index contributed by atoms with van der Waals surface area (Å²) >= 11 is 0. The molecule has 178 valence electrons. The van der Waals surface area contributed by atoms with Crippen molar-refractivity contribution in [1.82, 2.24) is 4.90 Å². The third-order valence-electron chi connectivity index (χ3n) is 6.21. The summed E-state index contributed by atoms with van der Waals surface area (Å²) in [6, 6.07) is 24.4. The Hall–Kier alpha value is -3.32. The average Bonchev–Trinajstić information content (AvgIpc) is 2.86. The Labute approximate surface area is 202 Å². The first-order valence-corrected chi connectivity index (χ1v) is 13.0. The first kappa shape index (κ1) is 23.8. The fourth-order valence-corrected chi connectivity index (χ4v) is 5.61. The second-order valence-corrected chi connectivity index (χ2v) is 10.5. The zero-order valence-electron chi connectivity index (χ0n) is 19.7. The molecular weight excluding hydrogens is 446 g/mol. The number of para-hydroxylation sites is 1. The van der Waals surface area contributed by atoms with Gasteiger partial charge in [-0.3, -0.25) is 9.10 Å². The predicted molar refractivity (Wildman–Crippen MR) is 137 cm³/mol. The van der Waals surface area contributed by atoms with Crippen LogP contribution >= 0.6 is 0 Å². The van der Waals surface area contributed by atoms with E-state index in [2.05, 4.69) is 17.0 Å². The van der Waals surface area contributed by atoms with Gasteiger partial charge in [0, 0.05) is 44.8 Å². The Kier molecular flexibility index (Phi) is 7.22. The molecule has 0 spiro atoms. The number of anilines is 2. The second kappa shape index (κ2) is 10.3. The van der Waals surface area contributed by atoms with E-state index in [-0.39, 0.29) is 23.8 Å². The lowest BCUT2D eigenvalue weighted by Gasteiger charge is -2.36. The quantitative estimate of drug-likeness (QED) is 0.511. The van der Waals surface area contributed by atoms with Gasteiger partial charge in [-0.2, -0.15) is 0 Å². The molecule has 1 saturated heterocycles.